The molecule has 0 aliphatic carbocycles. The van der Waals surface area contributed by atoms with Crippen LogP contribution in [-0.2, 0) is 20.9 Å². The molecule has 0 spiro atoms. The van der Waals surface area contributed by atoms with Crippen molar-refractivity contribution in [3.8, 4) is 0 Å². The van der Waals surface area contributed by atoms with E-state index < -0.39 is 17.8 Å². The molecule has 26 heavy (non-hydrogen) atoms. The number of carbonyl (C=O) groups is 3. The number of nitrogens with zero attached hydrogens (tertiary/aromatic N) is 2. The molecule has 9 heteroatoms. The van der Waals surface area contributed by atoms with Crippen LogP contribution in [0.25, 0.3) is 0 Å². The predicted octanol–water partition coefficient (Wildman–Crippen LogP) is 1.35. The van der Waals surface area contributed by atoms with Gasteiger partial charge in [-0.05, 0) is 19.1 Å². The quantitative estimate of drug-likeness (QED) is 0.667. The maximum absolute atomic E-state index is 13.9. The Kier molecular flexibility index (Phi) is 8.47. The van der Waals surface area contributed by atoms with Gasteiger partial charge in [0.05, 0.1) is 6.54 Å². The van der Waals surface area contributed by atoms with Crippen molar-refractivity contribution >= 4 is 29.4 Å². The van der Waals surface area contributed by atoms with Crippen LogP contribution in [0.3, 0.4) is 0 Å². The van der Waals surface area contributed by atoms with E-state index in [0.717, 1.165) is 0 Å². The molecule has 1 unspecified atom stereocenters. The summed E-state index contributed by atoms with van der Waals surface area (Å²) in [5.41, 5.74) is 0.195. The Bertz CT molecular complexity index is 651. The van der Waals surface area contributed by atoms with Crippen LogP contribution in [-0.4, -0.2) is 65.4 Å². The normalized spacial score (nSPS) is 11.9. The summed E-state index contributed by atoms with van der Waals surface area (Å²) in [6, 6.07) is 3.34. The SMILES string of the molecule is CC(=O)NCCN(CC(=O)N(C)Cc1c(F)cccc1Cl)C(C)C(=O)O. The van der Waals surface area contributed by atoms with Crippen LogP contribution in [0, 0.1) is 5.82 Å². The molecule has 1 aromatic carbocycles. The summed E-state index contributed by atoms with van der Waals surface area (Å²) in [6.45, 7) is 2.98. The number of aliphatic carboxylic acids is 1. The Morgan fingerprint density at radius 3 is 2.54 bits per heavy atom. The van der Waals surface area contributed by atoms with Crippen molar-refractivity contribution in [3.05, 3.63) is 34.6 Å². The zero-order valence-corrected chi connectivity index (χ0v) is 15.7. The molecule has 0 saturated heterocycles. The molecular formula is C17H23ClFN3O4. The highest BCUT2D eigenvalue weighted by atomic mass is 35.5. The first-order chi connectivity index (χ1) is 12.1. The van der Waals surface area contributed by atoms with Crippen LogP contribution >= 0.6 is 11.6 Å². The minimum absolute atomic E-state index is 0.0364. The molecule has 0 bridgehead atoms. The monoisotopic (exact) mass is 387 g/mol. The molecule has 1 atom stereocenters. The number of halogens is 2. The fourth-order valence-corrected chi connectivity index (χ4v) is 2.47. The number of hydrogen-bond donors (Lipinski definition) is 2. The maximum Gasteiger partial charge on any atom is 0.320 e. The molecule has 1 aromatic rings. The third-order valence-corrected chi connectivity index (χ3v) is 4.25. The lowest BCUT2D eigenvalue weighted by molar-refractivity contribution is -0.144. The van der Waals surface area contributed by atoms with Gasteiger partial charge in [-0.2, -0.15) is 0 Å². The predicted molar refractivity (Wildman–Crippen MR) is 95.2 cm³/mol. The van der Waals surface area contributed by atoms with E-state index >= 15 is 0 Å². The highest BCUT2D eigenvalue weighted by Crippen LogP contribution is 2.20. The first kappa shape index (κ1) is 21.9. The second-order valence-electron chi connectivity index (χ2n) is 5.92. The van der Waals surface area contributed by atoms with Gasteiger partial charge in [-0.3, -0.25) is 19.3 Å². The lowest BCUT2D eigenvalue weighted by Gasteiger charge is -2.28. The van der Waals surface area contributed by atoms with Crippen LogP contribution in [0.5, 0.6) is 0 Å². The molecule has 7 nitrogen and oxygen atoms in total. The Morgan fingerprint density at radius 2 is 2.00 bits per heavy atom. The van der Waals surface area contributed by atoms with E-state index in [1.807, 2.05) is 0 Å². The van der Waals surface area contributed by atoms with Gasteiger partial charge < -0.3 is 15.3 Å². The number of carboxylic acids is 1. The van der Waals surface area contributed by atoms with Crippen molar-refractivity contribution in [3.63, 3.8) is 0 Å². The lowest BCUT2D eigenvalue weighted by Crippen LogP contribution is -2.48. The molecule has 144 valence electrons. The van der Waals surface area contributed by atoms with Gasteiger partial charge in [-0.25, -0.2) is 4.39 Å². The number of likely N-dealkylation sites (N-methyl/N-ethyl adjacent to an activating group) is 1. The van der Waals surface area contributed by atoms with Crippen LogP contribution in [0.1, 0.15) is 19.4 Å². The highest BCUT2D eigenvalue weighted by Gasteiger charge is 2.24. The average molecular weight is 388 g/mol. The molecule has 0 aliphatic rings. The minimum atomic E-state index is -1.08. The summed E-state index contributed by atoms with van der Waals surface area (Å²) in [5.74, 6) is -2.23. The average Bonchev–Trinajstić information content (AvgIpc) is 2.55. The van der Waals surface area contributed by atoms with Crippen LogP contribution in [0.4, 0.5) is 4.39 Å². The van der Waals surface area contributed by atoms with E-state index in [-0.39, 0.29) is 48.6 Å². The maximum atomic E-state index is 13.9. The number of hydrogen-bond acceptors (Lipinski definition) is 4. The first-order valence-electron chi connectivity index (χ1n) is 8.01. The van der Waals surface area contributed by atoms with Gasteiger partial charge >= 0.3 is 5.97 Å². The van der Waals surface area contributed by atoms with Crippen LogP contribution < -0.4 is 5.32 Å². The minimum Gasteiger partial charge on any atom is -0.480 e. The third-order valence-electron chi connectivity index (χ3n) is 3.90. The molecule has 0 radical (unpaired) electrons. The summed E-state index contributed by atoms with van der Waals surface area (Å²) in [6.07, 6.45) is 0. The first-order valence-corrected chi connectivity index (χ1v) is 8.39. The lowest BCUT2D eigenvalue weighted by atomic mass is 10.2. The number of carboxylic acid groups (broad SMARTS) is 1. The molecule has 0 fully saturated rings. The van der Waals surface area contributed by atoms with Gasteiger partial charge in [0, 0.05) is 44.2 Å². The molecule has 2 amide bonds. The van der Waals surface area contributed by atoms with Gasteiger partial charge in [-0.1, -0.05) is 17.7 Å². The van der Waals surface area contributed by atoms with E-state index in [4.69, 9.17) is 11.6 Å². The van der Waals surface area contributed by atoms with Gasteiger partial charge in [-0.15, -0.1) is 0 Å². The van der Waals surface area contributed by atoms with Crippen molar-refractivity contribution in [2.75, 3.05) is 26.7 Å². The van der Waals surface area contributed by atoms with E-state index in [1.54, 1.807) is 0 Å². The molecule has 1 rings (SSSR count). The molecule has 0 aliphatic heterocycles. The van der Waals surface area contributed by atoms with Crippen LogP contribution in [0.2, 0.25) is 5.02 Å². The molecule has 0 heterocycles. The second-order valence-corrected chi connectivity index (χ2v) is 6.32. The van der Waals surface area contributed by atoms with E-state index in [1.165, 1.54) is 48.9 Å². The summed E-state index contributed by atoms with van der Waals surface area (Å²) >= 11 is 5.97. The highest BCUT2D eigenvalue weighted by molar-refractivity contribution is 6.31. The van der Waals surface area contributed by atoms with Crippen molar-refractivity contribution in [1.82, 2.24) is 15.1 Å². The van der Waals surface area contributed by atoms with Crippen LogP contribution in [0.15, 0.2) is 18.2 Å². The van der Waals surface area contributed by atoms with Crippen molar-refractivity contribution < 1.29 is 23.9 Å². The van der Waals surface area contributed by atoms with Crippen molar-refractivity contribution in [2.24, 2.45) is 0 Å². The zero-order chi connectivity index (χ0) is 19.9. The van der Waals surface area contributed by atoms with Crippen molar-refractivity contribution in [2.45, 2.75) is 26.4 Å². The Labute approximate surface area is 156 Å². The molecule has 2 N–H and O–H groups in total. The summed E-state index contributed by atoms with van der Waals surface area (Å²) in [7, 11) is 1.49. The van der Waals surface area contributed by atoms with Gasteiger partial charge in [0.25, 0.3) is 0 Å². The number of rotatable bonds is 9. The Hall–Kier alpha value is -2.19. The van der Waals surface area contributed by atoms with Gasteiger partial charge in [0.1, 0.15) is 11.9 Å². The van der Waals surface area contributed by atoms with E-state index in [2.05, 4.69) is 5.32 Å². The topological polar surface area (TPSA) is 90.0 Å². The fraction of sp³-hybridized carbons (Fsp3) is 0.471. The smallest absolute Gasteiger partial charge is 0.320 e. The Morgan fingerprint density at radius 1 is 1.35 bits per heavy atom. The summed E-state index contributed by atoms with van der Waals surface area (Å²) in [4.78, 5) is 37.4. The number of amides is 2. The summed E-state index contributed by atoms with van der Waals surface area (Å²) < 4.78 is 13.9. The fourth-order valence-electron chi connectivity index (χ4n) is 2.24. The van der Waals surface area contributed by atoms with Gasteiger partial charge in [0.2, 0.25) is 11.8 Å². The Balaban J connectivity index is 2.77. The third kappa shape index (κ3) is 6.61. The van der Waals surface area contributed by atoms with Crippen molar-refractivity contribution in [1.29, 1.82) is 0 Å². The molecule has 0 aromatic heterocycles. The second kappa shape index (κ2) is 10.1. The van der Waals surface area contributed by atoms with E-state index in [0.29, 0.717) is 0 Å². The molecule has 0 saturated carbocycles. The largest absolute Gasteiger partial charge is 0.480 e. The number of carbonyl (C=O) groups excluding carboxylic acids is 2. The standard InChI is InChI=1S/C17H23ClFN3O4/c1-11(17(25)26)22(8-7-20-12(2)23)10-16(24)21(3)9-13-14(18)5-4-6-15(13)19/h4-6,11H,7-10H2,1-3H3,(H,20,23)(H,25,26). The van der Waals surface area contributed by atoms with E-state index in [9.17, 15) is 23.9 Å². The molecular weight excluding hydrogens is 365 g/mol. The number of benzene rings is 1. The van der Waals surface area contributed by atoms with Gasteiger partial charge in [0.15, 0.2) is 0 Å². The zero-order valence-electron chi connectivity index (χ0n) is 15.0. The summed E-state index contributed by atoms with van der Waals surface area (Å²) in [5, 5.41) is 12.0. The number of nitrogens with one attached hydrogen (secondary N) is 1.